The summed E-state index contributed by atoms with van der Waals surface area (Å²) < 4.78 is 30.4. The third kappa shape index (κ3) is 3.17. The van der Waals surface area contributed by atoms with Crippen LogP contribution in [0.15, 0.2) is 35.0 Å². The quantitative estimate of drug-likeness (QED) is 0.370. The van der Waals surface area contributed by atoms with Gasteiger partial charge < -0.3 is 5.11 Å². The third-order valence-electron chi connectivity index (χ3n) is 4.38. The van der Waals surface area contributed by atoms with Crippen LogP contribution in [0.2, 0.25) is 0 Å². The van der Waals surface area contributed by atoms with Crippen LogP contribution in [0, 0.1) is 18.6 Å². The molecule has 0 bridgehead atoms. The molecule has 4 aromatic rings. The molecule has 0 aliphatic heterocycles. The molecule has 1 aromatic carbocycles. The van der Waals surface area contributed by atoms with Crippen molar-refractivity contribution < 1.29 is 23.5 Å². The second-order valence-electron chi connectivity index (χ2n) is 6.17. The van der Waals surface area contributed by atoms with Crippen LogP contribution in [-0.2, 0) is 6.42 Å². The number of carboxylic acid groups (broad SMARTS) is 1. The van der Waals surface area contributed by atoms with E-state index in [4.69, 9.17) is 0 Å². The standard InChI is InChI=1S/C20H12F2O3S3/c1-9-2-3-10(19(22)18(9)21)11-8-27-16(17(11)20(24)25)6-12(23)14-7-15-13(28-14)4-5-26-15/h2-5,7-8H,6H2,1H3,(H,24,25). The molecule has 0 unspecified atom stereocenters. The van der Waals surface area contributed by atoms with Crippen LogP contribution in [0.3, 0.4) is 0 Å². The van der Waals surface area contributed by atoms with Crippen LogP contribution >= 0.6 is 34.0 Å². The molecule has 0 aliphatic carbocycles. The van der Waals surface area contributed by atoms with Crippen LogP contribution in [0.1, 0.15) is 30.5 Å². The highest BCUT2D eigenvalue weighted by atomic mass is 32.1. The minimum absolute atomic E-state index is 0.0869. The van der Waals surface area contributed by atoms with Crippen LogP contribution in [0.5, 0.6) is 0 Å². The van der Waals surface area contributed by atoms with Crippen molar-refractivity contribution in [1.29, 1.82) is 0 Å². The molecule has 142 valence electrons. The molecule has 8 heteroatoms. The zero-order valence-electron chi connectivity index (χ0n) is 14.4. The highest BCUT2D eigenvalue weighted by Crippen LogP contribution is 2.36. The van der Waals surface area contributed by atoms with E-state index in [1.807, 2.05) is 11.4 Å². The molecule has 3 nitrogen and oxygen atoms in total. The lowest BCUT2D eigenvalue weighted by atomic mass is 9.99. The fourth-order valence-corrected chi connectivity index (χ4v) is 6.03. The van der Waals surface area contributed by atoms with Gasteiger partial charge in [-0.25, -0.2) is 13.6 Å². The maximum absolute atomic E-state index is 14.4. The summed E-state index contributed by atoms with van der Waals surface area (Å²) in [6.07, 6.45) is -0.101. The molecule has 0 spiro atoms. The van der Waals surface area contributed by atoms with Gasteiger partial charge >= 0.3 is 5.97 Å². The van der Waals surface area contributed by atoms with Gasteiger partial charge in [0.1, 0.15) is 0 Å². The number of hydrogen-bond donors (Lipinski definition) is 1. The molecular weight excluding hydrogens is 422 g/mol. The topological polar surface area (TPSA) is 54.4 Å². The van der Waals surface area contributed by atoms with Crippen molar-refractivity contribution >= 4 is 55.2 Å². The monoisotopic (exact) mass is 434 g/mol. The van der Waals surface area contributed by atoms with Crippen molar-refractivity contribution in [2.75, 3.05) is 0 Å². The number of Topliss-reactive ketones (excluding diaryl/α,β-unsaturated/α-hetero) is 1. The number of carboxylic acids is 1. The Balaban J connectivity index is 1.73. The lowest BCUT2D eigenvalue weighted by Gasteiger charge is -2.07. The number of carbonyl (C=O) groups excluding carboxylic acids is 1. The predicted octanol–water partition coefficient (Wildman–Crippen LogP) is 6.40. The van der Waals surface area contributed by atoms with Crippen molar-refractivity contribution in [3.63, 3.8) is 0 Å². The number of carbonyl (C=O) groups is 2. The number of thiophene rings is 3. The Hall–Kier alpha value is -2.42. The summed E-state index contributed by atoms with van der Waals surface area (Å²) >= 11 is 3.96. The Bertz CT molecular complexity index is 1200. The van der Waals surface area contributed by atoms with E-state index in [0.717, 1.165) is 20.7 Å². The Kier molecular flexibility index (Phi) is 4.86. The van der Waals surface area contributed by atoms with Gasteiger partial charge in [0.2, 0.25) is 0 Å². The van der Waals surface area contributed by atoms with E-state index >= 15 is 0 Å². The SMILES string of the molecule is Cc1ccc(-c2csc(CC(=O)c3cc4sccc4s3)c2C(=O)O)c(F)c1F. The number of hydrogen-bond acceptors (Lipinski definition) is 5. The molecule has 0 aliphatic rings. The van der Waals surface area contributed by atoms with E-state index in [-0.39, 0.29) is 34.5 Å². The van der Waals surface area contributed by atoms with Crippen LogP contribution < -0.4 is 0 Å². The van der Waals surface area contributed by atoms with Gasteiger partial charge in [-0.3, -0.25) is 4.79 Å². The minimum Gasteiger partial charge on any atom is -0.478 e. The lowest BCUT2D eigenvalue weighted by molar-refractivity contribution is 0.0697. The Labute approximate surface area is 170 Å². The van der Waals surface area contributed by atoms with Gasteiger partial charge in [0, 0.05) is 31.8 Å². The summed E-state index contributed by atoms with van der Waals surface area (Å²) in [5.74, 6) is -3.56. The number of aryl methyl sites for hydroxylation is 1. The maximum atomic E-state index is 14.4. The van der Waals surface area contributed by atoms with Gasteiger partial charge in [0.25, 0.3) is 0 Å². The largest absolute Gasteiger partial charge is 0.478 e. The molecule has 3 heterocycles. The fourth-order valence-electron chi connectivity index (χ4n) is 2.95. The first-order valence-electron chi connectivity index (χ1n) is 8.15. The van der Waals surface area contributed by atoms with E-state index in [0.29, 0.717) is 9.75 Å². The van der Waals surface area contributed by atoms with Crippen LogP contribution in [0.25, 0.3) is 20.5 Å². The average molecular weight is 435 g/mol. The van der Waals surface area contributed by atoms with Crippen molar-refractivity contribution in [2.45, 2.75) is 13.3 Å². The number of aromatic carboxylic acids is 1. The summed E-state index contributed by atoms with van der Waals surface area (Å²) in [6, 6.07) is 6.50. The highest BCUT2D eigenvalue weighted by Gasteiger charge is 2.25. The predicted molar refractivity (Wildman–Crippen MR) is 109 cm³/mol. The van der Waals surface area contributed by atoms with Crippen LogP contribution in [-0.4, -0.2) is 16.9 Å². The Morgan fingerprint density at radius 3 is 2.54 bits per heavy atom. The molecule has 3 aromatic heterocycles. The molecule has 0 fully saturated rings. The highest BCUT2D eigenvalue weighted by molar-refractivity contribution is 7.27. The molecule has 0 amide bonds. The number of ketones is 1. The maximum Gasteiger partial charge on any atom is 0.337 e. The van der Waals surface area contributed by atoms with Crippen molar-refractivity contribution in [3.8, 4) is 11.1 Å². The molecule has 28 heavy (non-hydrogen) atoms. The molecule has 1 N–H and O–H groups in total. The summed E-state index contributed by atoms with van der Waals surface area (Å²) in [5.41, 5.74) is -0.0451. The summed E-state index contributed by atoms with van der Waals surface area (Å²) in [4.78, 5) is 25.4. The number of benzene rings is 1. The van der Waals surface area contributed by atoms with E-state index in [1.54, 1.807) is 6.07 Å². The summed E-state index contributed by atoms with van der Waals surface area (Å²) in [5, 5.41) is 13.1. The van der Waals surface area contributed by atoms with E-state index in [2.05, 4.69) is 0 Å². The molecule has 0 radical (unpaired) electrons. The lowest BCUT2D eigenvalue weighted by Crippen LogP contribution is -2.07. The molecule has 0 saturated heterocycles. The summed E-state index contributed by atoms with van der Waals surface area (Å²) in [6.45, 7) is 1.43. The second-order valence-corrected chi connectivity index (χ2v) is 9.17. The third-order valence-corrected chi connectivity index (χ3v) is 7.50. The fraction of sp³-hybridized carbons (Fsp3) is 0.100. The molecule has 0 saturated carbocycles. The van der Waals surface area contributed by atoms with Crippen molar-refractivity contribution in [2.24, 2.45) is 0 Å². The molecular formula is C20H12F2O3S3. The Morgan fingerprint density at radius 1 is 1.04 bits per heavy atom. The van der Waals surface area contributed by atoms with E-state index in [1.165, 1.54) is 47.1 Å². The summed E-state index contributed by atoms with van der Waals surface area (Å²) in [7, 11) is 0. The smallest absolute Gasteiger partial charge is 0.337 e. The van der Waals surface area contributed by atoms with Gasteiger partial charge in [0.05, 0.1) is 10.4 Å². The first-order chi connectivity index (χ1) is 13.4. The number of rotatable bonds is 5. The van der Waals surface area contributed by atoms with Crippen LogP contribution in [0.4, 0.5) is 8.78 Å². The van der Waals surface area contributed by atoms with Gasteiger partial charge in [0.15, 0.2) is 17.4 Å². The second kappa shape index (κ2) is 7.20. The van der Waals surface area contributed by atoms with Gasteiger partial charge in [-0.05, 0) is 35.4 Å². The van der Waals surface area contributed by atoms with Gasteiger partial charge in [-0.1, -0.05) is 12.1 Å². The number of fused-ring (bicyclic) bond motifs is 1. The van der Waals surface area contributed by atoms with E-state index < -0.39 is 17.6 Å². The zero-order valence-corrected chi connectivity index (χ0v) is 16.9. The zero-order chi connectivity index (χ0) is 20.0. The van der Waals surface area contributed by atoms with Crippen molar-refractivity contribution in [1.82, 2.24) is 0 Å². The van der Waals surface area contributed by atoms with Gasteiger partial charge in [-0.15, -0.1) is 34.0 Å². The molecule has 4 rings (SSSR count). The first kappa shape index (κ1) is 18.9. The van der Waals surface area contributed by atoms with Crippen molar-refractivity contribution in [3.05, 3.63) is 67.5 Å². The van der Waals surface area contributed by atoms with Gasteiger partial charge in [-0.2, -0.15) is 0 Å². The van der Waals surface area contributed by atoms with E-state index in [9.17, 15) is 23.5 Å². The Morgan fingerprint density at radius 2 is 1.82 bits per heavy atom. The average Bonchev–Trinajstić information content (AvgIpc) is 3.34. The molecule has 0 atom stereocenters. The first-order valence-corrected chi connectivity index (χ1v) is 10.7. The minimum atomic E-state index is -1.27. The normalized spacial score (nSPS) is 11.2. The number of halogens is 2.